The van der Waals surface area contributed by atoms with Crippen LogP contribution in [0.1, 0.15) is 17.2 Å². The minimum atomic E-state index is -1.54. The summed E-state index contributed by atoms with van der Waals surface area (Å²) in [6, 6.07) is 6.64. The molecule has 0 aliphatic rings. The molecule has 94 valence electrons. The molecule has 0 bridgehead atoms. The minimum absolute atomic E-state index is 0.116. The van der Waals surface area contributed by atoms with Crippen molar-refractivity contribution in [2.45, 2.75) is 6.10 Å². The molecule has 0 aromatic heterocycles. The fourth-order valence-corrected chi connectivity index (χ4v) is 1.81. The third-order valence-corrected chi connectivity index (χ3v) is 2.82. The molecule has 1 unspecified atom stereocenters. The molecule has 1 atom stereocenters. The fraction of sp³-hybridized carbons (Fsp3) is 0.0769. The number of hydrogen-bond donors (Lipinski definition) is 1. The topological polar surface area (TPSA) is 20.2 Å². The largest absolute Gasteiger partial charge is 0.383 e. The van der Waals surface area contributed by atoms with Crippen molar-refractivity contribution in [3.63, 3.8) is 0 Å². The number of rotatable bonds is 2. The molecule has 0 fully saturated rings. The number of aliphatic hydroxyl groups excluding tert-OH is 1. The van der Waals surface area contributed by atoms with Crippen LogP contribution >= 0.6 is 11.6 Å². The summed E-state index contributed by atoms with van der Waals surface area (Å²) in [4.78, 5) is 0. The van der Waals surface area contributed by atoms with Gasteiger partial charge in [0.05, 0.1) is 10.6 Å². The van der Waals surface area contributed by atoms with Gasteiger partial charge >= 0.3 is 0 Å². The van der Waals surface area contributed by atoms with Crippen LogP contribution in [-0.4, -0.2) is 5.11 Å². The lowest BCUT2D eigenvalue weighted by molar-refractivity contribution is 0.209. The van der Waals surface area contributed by atoms with E-state index in [1.165, 1.54) is 12.1 Å². The van der Waals surface area contributed by atoms with Crippen LogP contribution in [0, 0.1) is 17.5 Å². The highest BCUT2D eigenvalue weighted by atomic mass is 35.5. The van der Waals surface area contributed by atoms with Crippen molar-refractivity contribution in [1.82, 2.24) is 0 Å². The smallest absolute Gasteiger partial charge is 0.141 e. The summed E-state index contributed by atoms with van der Waals surface area (Å²) in [6.45, 7) is 0. The Bertz CT molecular complexity index is 566. The summed E-state index contributed by atoms with van der Waals surface area (Å²) < 4.78 is 39.9. The Balaban J connectivity index is 2.48. The summed E-state index contributed by atoms with van der Waals surface area (Å²) in [5.74, 6) is -2.41. The van der Waals surface area contributed by atoms with E-state index in [0.717, 1.165) is 24.3 Å². The normalized spacial score (nSPS) is 12.5. The molecule has 0 heterocycles. The molecule has 1 nitrogen and oxygen atoms in total. The van der Waals surface area contributed by atoms with E-state index in [-0.39, 0.29) is 10.6 Å². The molecule has 18 heavy (non-hydrogen) atoms. The second-order valence-electron chi connectivity index (χ2n) is 3.71. The van der Waals surface area contributed by atoms with Crippen LogP contribution < -0.4 is 0 Å². The molecule has 2 rings (SSSR count). The van der Waals surface area contributed by atoms with Gasteiger partial charge in [-0.05, 0) is 29.8 Å². The van der Waals surface area contributed by atoms with Gasteiger partial charge in [0.25, 0.3) is 0 Å². The zero-order valence-corrected chi connectivity index (χ0v) is 9.76. The van der Waals surface area contributed by atoms with E-state index in [4.69, 9.17) is 11.6 Å². The highest BCUT2D eigenvalue weighted by molar-refractivity contribution is 6.30. The highest BCUT2D eigenvalue weighted by Gasteiger charge is 2.20. The molecule has 0 saturated heterocycles. The lowest BCUT2D eigenvalue weighted by atomic mass is 10.0. The van der Waals surface area contributed by atoms with Gasteiger partial charge in [-0.15, -0.1) is 0 Å². The summed E-state index contributed by atoms with van der Waals surface area (Å²) in [6.07, 6.45) is -1.54. The average molecular weight is 273 g/mol. The second kappa shape index (κ2) is 5.00. The molecule has 5 heteroatoms. The minimum Gasteiger partial charge on any atom is -0.383 e. The summed E-state index contributed by atoms with van der Waals surface area (Å²) in [5, 5.41) is 9.69. The van der Waals surface area contributed by atoms with E-state index in [2.05, 4.69) is 0 Å². The van der Waals surface area contributed by atoms with Gasteiger partial charge in [0.1, 0.15) is 23.6 Å². The van der Waals surface area contributed by atoms with Crippen molar-refractivity contribution in [2.75, 3.05) is 0 Å². The van der Waals surface area contributed by atoms with Gasteiger partial charge in [0, 0.05) is 0 Å². The molecular formula is C13H8ClF3O. The Morgan fingerprint density at radius 1 is 0.944 bits per heavy atom. The second-order valence-corrected chi connectivity index (χ2v) is 4.12. The van der Waals surface area contributed by atoms with Gasteiger partial charge in [-0.1, -0.05) is 23.7 Å². The van der Waals surface area contributed by atoms with Crippen molar-refractivity contribution in [3.05, 3.63) is 70.0 Å². The first-order valence-corrected chi connectivity index (χ1v) is 5.45. The maximum atomic E-state index is 13.5. The van der Waals surface area contributed by atoms with Crippen LogP contribution in [0.25, 0.3) is 0 Å². The molecule has 0 radical (unpaired) electrons. The first kappa shape index (κ1) is 12.9. The van der Waals surface area contributed by atoms with Crippen LogP contribution in [0.3, 0.4) is 0 Å². The van der Waals surface area contributed by atoms with E-state index in [1.807, 2.05) is 0 Å². The van der Waals surface area contributed by atoms with Crippen molar-refractivity contribution in [1.29, 1.82) is 0 Å². The van der Waals surface area contributed by atoms with Gasteiger partial charge in [-0.3, -0.25) is 0 Å². The van der Waals surface area contributed by atoms with Crippen molar-refractivity contribution >= 4 is 11.6 Å². The van der Waals surface area contributed by atoms with Crippen molar-refractivity contribution in [3.8, 4) is 0 Å². The number of benzene rings is 2. The Labute approximate surface area is 106 Å². The first-order valence-electron chi connectivity index (χ1n) is 5.07. The van der Waals surface area contributed by atoms with Gasteiger partial charge in [-0.2, -0.15) is 0 Å². The predicted molar refractivity (Wildman–Crippen MR) is 61.8 cm³/mol. The molecule has 0 aliphatic carbocycles. The molecule has 0 aliphatic heterocycles. The molecule has 0 amide bonds. The van der Waals surface area contributed by atoms with Crippen LogP contribution in [0.4, 0.5) is 13.2 Å². The molecule has 1 N–H and O–H groups in total. The van der Waals surface area contributed by atoms with Gasteiger partial charge in [0.2, 0.25) is 0 Å². The quantitative estimate of drug-likeness (QED) is 0.881. The van der Waals surface area contributed by atoms with Crippen LogP contribution in [0.2, 0.25) is 5.02 Å². The summed E-state index contributed by atoms with van der Waals surface area (Å²) in [5.41, 5.74) is -0.370. The molecular weight excluding hydrogens is 265 g/mol. The summed E-state index contributed by atoms with van der Waals surface area (Å²) in [7, 11) is 0. The Morgan fingerprint density at radius 3 is 2.11 bits per heavy atom. The first-order chi connectivity index (χ1) is 8.50. The summed E-state index contributed by atoms with van der Waals surface area (Å²) >= 11 is 5.55. The Kier molecular flexibility index (Phi) is 3.59. The highest BCUT2D eigenvalue weighted by Crippen LogP contribution is 2.29. The van der Waals surface area contributed by atoms with Crippen molar-refractivity contribution in [2.24, 2.45) is 0 Å². The fourth-order valence-electron chi connectivity index (χ4n) is 1.62. The van der Waals surface area contributed by atoms with E-state index >= 15 is 0 Å². The van der Waals surface area contributed by atoms with E-state index in [1.54, 1.807) is 0 Å². The lowest BCUT2D eigenvalue weighted by Gasteiger charge is -2.13. The zero-order valence-electron chi connectivity index (χ0n) is 9.00. The van der Waals surface area contributed by atoms with Gasteiger partial charge < -0.3 is 5.11 Å². The van der Waals surface area contributed by atoms with Gasteiger partial charge in [-0.25, -0.2) is 13.2 Å². The third kappa shape index (κ3) is 2.35. The standard InChI is InChI=1S/C13H8ClF3O/c14-8-6-7(4-5-9(8)15)13(18)12-10(16)2-1-3-11(12)17/h1-6,13,18H. The maximum Gasteiger partial charge on any atom is 0.141 e. The number of aliphatic hydroxyl groups is 1. The molecule has 2 aromatic rings. The van der Waals surface area contributed by atoms with Gasteiger partial charge in [0.15, 0.2) is 0 Å². The Morgan fingerprint density at radius 2 is 1.56 bits per heavy atom. The lowest BCUT2D eigenvalue weighted by Crippen LogP contribution is -2.05. The zero-order chi connectivity index (χ0) is 13.3. The molecule has 2 aromatic carbocycles. The van der Waals surface area contributed by atoms with E-state index < -0.39 is 29.1 Å². The Hall–Kier alpha value is -1.52. The van der Waals surface area contributed by atoms with Crippen LogP contribution in [0.5, 0.6) is 0 Å². The average Bonchev–Trinajstić information content (AvgIpc) is 2.32. The van der Waals surface area contributed by atoms with Crippen molar-refractivity contribution < 1.29 is 18.3 Å². The number of hydrogen-bond acceptors (Lipinski definition) is 1. The van der Waals surface area contributed by atoms with E-state index in [9.17, 15) is 18.3 Å². The third-order valence-electron chi connectivity index (χ3n) is 2.53. The monoisotopic (exact) mass is 272 g/mol. The predicted octanol–water partition coefficient (Wildman–Crippen LogP) is 3.84. The van der Waals surface area contributed by atoms with Crippen LogP contribution in [0.15, 0.2) is 36.4 Å². The molecule has 0 saturated carbocycles. The molecule has 0 spiro atoms. The number of halogens is 4. The van der Waals surface area contributed by atoms with E-state index in [0.29, 0.717) is 0 Å². The van der Waals surface area contributed by atoms with Crippen LogP contribution in [-0.2, 0) is 0 Å². The SMILES string of the molecule is OC(c1ccc(F)c(Cl)c1)c1c(F)cccc1F. The maximum absolute atomic E-state index is 13.5.